The molecule has 0 atom stereocenters. The highest BCUT2D eigenvalue weighted by Crippen LogP contribution is 2.46. The van der Waals surface area contributed by atoms with Gasteiger partial charge in [0.15, 0.2) is 15.4 Å². The second kappa shape index (κ2) is 7.49. The highest BCUT2D eigenvalue weighted by molar-refractivity contribution is 7.90. The van der Waals surface area contributed by atoms with Gasteiger partial charge in [-0.2, -0.15) is 5.26 Å². The van der Waals surface area contributed by atoms with E-state index in [1.54, 1.807) is 24.0 Å². The van der Waals surface area contributed by atoms with Crippen molar-refractivity contribution in [3.05, 3.63) is 77.1 Å². The van der Waals surface area contributed by atoms with Gasteiger partial charge in [-0.05, 0) is 55.0 Å². The summed E-state index contributed by atoms with van der Waals surface area (Å²) >= 11 is 0. The van der Waals surface area contributed by atoms with Crippen LogP contribution in [0.15, 0.2) is 59.5 Å². The van der Waals surface area contributed by atoms with Gasteiger partial charge in [0.05, 0.1) is 16.3 Å². The number of carbonyl (C=O) groups is 1. The van der Waals surface area contributed by atoms with E-state index in [2.05, 4.69) is 6.07 Å². The van der Waals surface area contributed by atoms with Crippen LogP contribution in [0.25, 0.3) is 5.69 Å². The van der Waals surface area contributed by atoms with E-state index >= 15 is 0 Å². The molecule has 2 aliphatic rings. The van der Waals surface area contributed by atoms with Crippen LogP contribution in [0, 0.1) is 18.3 Å². The van der Waals surface area contributed by atoms with Crippen LogP contribution in [-0.4, -0.2) is 43.1 Å². The summed E-state index contributed by atoms with van der Waals surface area (Å²) < 4.78 is 32.1. The molecule has 0 unspecified atom stereocenters. The number of piperidine rings is 1. The highest BCUT2D eigenvalue weighted by atomic mass is 32.2. The quantitative estimate of drug-likeness (QED) is 0.582. The number of nitrogens with zero attached hydrogens (tertiary/aromatic N) is 3. The molecule has 5 rings (SSSR count). The second-order valence-electron chi connectivity index (χ2n) is 8.66. The predicted molar refractivity (Wildman–Crippen MR) is 122 cm³/mol. The third kappa shape index (κ3) is 3.40. The monoisotopic (exact) mass is 461 g/mol. The lowest BCUT2D eigenvalue weighted by molar-refractivity contribution is -0.00939. The van der Waals surface area contributed by atoms with Gasteiger partial charge in [0, 0.05) is 37.8 Å². The van der Waals surface area contributed by atoms with Crippen molar-refractivity contribution in [2.24, 2.45) is 0 Å². The molecule has 1 spiro atoms. The molecule has 168 valence electrons. The molecule has 0 aliphatic carbocycles. The molecule has 1 saturated heterocycles. The van der Waals surface area contributed by atoms with Gasteiger partial charge in [0.1, 0.15) is 17.5 Å². The van der Waals surface area contributed by atoms with E-state index in [9.17, 15) is 18.5 Å². The molecule has 3 aromatic rings. The molecule has 3 heterocycles. The van der Waals surface area contributed by atoms with Crippen LogP contribution < -0.4 is 4.74 Å². The highest BCUT2D eigenvalue weighted by Gasteiger charge is 2.45. The summed E-state index contributed by atoms with van der Waals surface area (Å²) in [5.41, 5.74) is 2.86. The molecule has 0 N–H and O–H groups in total. The predicted octanol–water partition coefficient (Wildman–Crippen LogP) is 3.58. The molecule has 1 fully saturated rings. The summed E-state index contributed by atoms with van der Waals surface area (Å²) in [6.07, 6.45) is 2.33. The van der Waals surface area contributed by atoms with Crippen molar-refractivity contribution >= 4 is 15.7 Å². The Kier molecular flexibility index (Phi) is 4.83. The zero-order chi connectivity index (χ0) is 23.4. The van der Waals surface area contributed by atoms with Crippen molar-refractivity contribution in [3.8, 4) is 17.5 Å². The van der Waals surface area contributed by atoms with Crippen molar-refractivity contribution in [2.75, 3.05) is 19.3 Å². The van der Waals surface area contributed by atoms with Crippen molar-refractivity contribution in [1.29, 1.82) is 5.26 Å². The third-order valence-electron chi connectivity index (χ3n) is 6.59. The van der Waals surface area contributed by atoms with Crippen LogP contribution in [0.1, 0.15) is 40.2 Å². The lowest BCUT2D eigenvalue weighted by atomic mass is 9.86. The molecular weight excluding hydrogens is 438 g/mol. The molecule has 1 aromatic heterocycles. The zero-order valence-electron chi connectivity index (χ0n) is 18.4. The number of fused-ring (bicyclic) bond motifs is 4. The van der Waals surface area contributed by atoms with Crippen LogP contribution in [-0.2, 0) is 15.4 Å². The summed E-state index contributed by atoms with van der Waals surface area (Å²) in [5, 5.41) is 9.63. The lowest BCUT2D eigenvalue weighted by Crippen LogP contribution is -2.50. The average Bonchev–Trinajstić information content (AvgIpc) is 3.24. The Balaban J connectivity index is 1.42. The summed E-state index contributed by atoms with van der Waals surface area (Å²) in [5.74, 6) is 0.608. The molecule has 1 amide bonds. The van der Waals surface area contributed by atoms with Crippen LogP contribution in [0.5, 0.6) is 5.75 Å². The Labute approximate surface area is 192 Å². The van der Waals surface area contributed by atoms with Crippen molar-refractivity contribution in [1.82, 2.24) is 9.47 Å². The molecule has 2 aliphatic heterocycles. The van der Waals surface area contributed by atoms with Crippen molar-refractivity contribution < 1.29 is 17.9 Å². The molecule has 0 radical (unpaired) electrons. The summed E-state index contributed by atoms with van der Waals surface area (Å²) in [6, 6.07) is 18.3. The summed E-state index contributed by atoms with van der Waals surface area (Å²) in [6.45, 7) is 2.73. The fourth-order valence-corrected chi connectivity index (χ4v) is 5.54. The van der Waals surface area contributed by atoms with E-state index in [1.807, 2.05) is 41.0 Å². The van der Waals surface area contributed by atoms with Crippen LogP contribution in [0.2, 0.25) is 0 Å². The van der Waals surface area contributed by atoms with E-state index in [0.717, 1.165) is 23.4 Å². The van der Waals surface area contributed by atoms with Gasteiger partial charge in [-0.25, -0.2) is 8.42 Å². The Morgan fingerprint density at radius 3 is 2.48 bits per heavy atom. The standard InChI is InChI=1S/C25H23N3O4S/c1-17-15-19(33(2,30)31)8-9-20(17)24(29)27-13-11-25(12-14-27)23-10-7-18(16-26)28(23)21-5-3-4-6-22(21)32-25/h3-10,15H,11-14H2,1-2H3. The Morgan fingerprint density at radius 1 is 1.09 bits per heavy atom. The second-order valence-corrected chi connectivity index (χ2v) is 10.7. The molecule has 8 heteroatoms. The third-order valence-corrected chi connectivity index (χ3v) is 7.70. The SMILES string of the molecule is Cc1cc(S(C)(=O)=O)ccc1C(=O)N1CCC2(CC1)Oc1ccccc1-n1c(C#N)ccc12. The summed E-state index contributed by atoms with van der Waals surface area (Å²) in [4.78, 5) is 15.2. The molecule has 0 bridgehead atoms. The lowest BCUT2D eigenvalue weighted by Gasteiger charge is -2.45. The first kappa shape index (κ1) is 21.3. The number of sulfone groups is 1. The first-order valence-corrected chi connectivity index (χ1v) is 12.6. The maximum Gasteiger partial charge on any atom is 0.254 e. The maximum absolute atomic E-state index is 13.2. The van der Waals surface area contributed by atoms with Gasteiger partial charge < -0.3 is 9.64 Å². The van der Waals surface area contributed by atoms with Gasteiger partial charge in [0.2, 0.25) is 0 Å². The number of aromatic nitrogens is 1. The number of benzene rings is 2. The minimum atomic E-state index is -3.33. The normalized spacial score (nSPS) is 16.5. The minimum Gasteiger partial charge on any atom is -0.479 e. The molecule has 7 nitrogen and oxygen atoms in total. The maximum atomic E-state index is 13.2. The number of hydrogen-bond donors (Lipinski definition) is 0. The number of ether oxygens (including phenoxy) is 1. The fourth-order valence-electron chi connectivity index (χ4n) is 4.84. The number of likely N-dealkylation sites (tertiary alicyclic amines) is 1. The Hall–Kier alpha value is -3.57. The van der Waals surface area contributed by atoms with E-state index in [4.69, 9.17) is 4.74 Å². The first-order valence-electron chi connectivity index (χ1n) is 10.7. The van der Waals surface area contributed by atoms with Gasteiger partial charge in [-0.1, -0.05) is 12.1 Å². The van der Waals surface area contributed by atoms with Crippen LogP contribution >= 0.6 is 0 Å². The van der Waals surface area contributed by atoms with Gasteiger partial charge in [-0.3, -0.25) is 9.36 Å². The van der Waals surface area contributed by atoms with E-state index in [1.165, 1.54) is 6.07 Å². The number of aryl methyl sites for hydroxylation is 1. The fraction of sp³-hybridized carbons (Fsp3) is 0.280. The van der Waals surface area contributed by atoms with E-state index in [0.29, 0.717) is 42.8 Å². The van der Waals surface area contributed by atoms with Crippen molar-refractivity contribution in [3.63, 3.8) is 0 Å². The van der Waals surface area contributed by atoms with Crippen LogP contribution in [0.3, 0.4) is 0 Å². The number of rotatable bonds is 2. The summed E-state index contributed by atoms with van der Waals surface area (Å²) in [7, 11) is -3.33. The van der Waals surface area contributed by atoms with E-state index < -0.39 is 15.4 Å². The van der Waals surface area contributed by atoms with Gasteiger partial charge in [-0.15, -0.1) is 0 Å². The smallest absolute Gasteiger partial charge is 0.254 e. The number of para-hydroxylation sites is 2. The topological polar surface area (TPSA) is 92.4 Å². The van der Waals surface area contributed by atoms with Crippen LogP contribution in [0.4, 0.5) is 0 Å². The van der Waals surface area contributed by atoms with E-state index in [-0.39, 0.29) is 10.8 Å². The van der Waals surface area contributed by atoms with Gasteiger partial charge in [0.25, 0.3) is 5.91 Å². The number of carbonyl (C=O) groups excluding carboxylic acids is 1. The first-order chi connectivity index (χ1) is 15.7. The Morgan fingerprint density at radius 2 is 1.82 bits per heavy atom. The van der Waals surface area contributed by atoms with Crippen molar-refractivity contribution in [2.45, 2.75) is 30.3 Å². The minimum absolute atomic E-state index is 0.119. The average molecular weight is 462 g/mol. The molecule has 2 aromatic carbocycles. The number of nitriles is 1. The van der Waals surface area contributed by atoms with Gasteiger partial charge >= 0.3 is 0 Å². The molecule has 0 saturated carbocycles. The molecular formula is C25H23N3O4S. The largest absolute Gasteiger partial charge is 0.479 e. The number of amides is 1. The number of hydrogen-bond acceptors (Lipinski definition) is 5. The zero-order valence-corrected chi connectivity index (χ0v) is 19.2. The Bertz CT molecular complexity index is 1420. The molecule has 33 heavy (non-hydrogen) atoms.